The zero-order chi connectivity index (χ0) is 29.3. The lowest BCUT2D eigenvalue weighted by Gasteiger charge is -2.23. The van der Waals surface area contributed by atoms with Crippen LogP contribution in [0.5, 0.6) is 5.75 Å². The van der Waals surface area contributed by atoms with Crippen molar-refractivity contribution in [1.82, 2.24) is 20.2 Å². The van der Waals surface area contributed by atoms with Gasteiger partial charge in [0.25, 0.3) is 5.91 Å². The van der Waals surface area contributed by atoms with E-state index in [2.05, 4.69) is 25.2 Å². The largest absolute Gasteiger partial charge is 0.492 e. The number of rotatable bonds is 18. The van der Waals surface area contributed by atoms with E-state index in [0.29, 0.717) is 38.4 Å². The van der Waals surface area contributed by atoms with Crippen molar-refractivity contribution in [3.8, 4) is 5.75 Å². The second kappa shape index (κ2) is 17.9. The summed E-state index contributed by atoms with van der Waals surface area (Å²) in [5, 5.41) is 30.2. The number of benzene rings is 1. The van der Waals surface area contributed by atoms with Crippen LogP contribution >= 0.6 is 0 Å². The highest BCUT2D eigenvalue weighted by Crippen LogP contribution is 2.15. The van der Waals surface area contributed by atoms with Gasteiger partial charge < -0.3 is 37.3 Å². The number of carbonyl (C=O) groups is 1. The summed E-state index contributed by atoms with van der Waals surface area (Å²) in [4.78, 5) is 26.6. The fourth-order valence-corrected chi connectivity index (χ4v) is 3.82. The predicted molar refractivity (Wildman–Crippen MR) is 155 cm³/mol. The molecule has 40 heavy (non-hydrogen) atoms. The second-order valence-electron chi connectivity index (χ2n) is 9.50. The Morgan fingerprint density at radius 1 is 1.05 bits per heavy atom. The van der Waals surface area contributed by atoms with Gasteiger partial charge in [0, 0.05) is 26.2 Å². The van der Waals surface area contributed by atoms with Gasteiger partial charge in [-0.25, -0.2) is 9.97 Å². The molecule has 0 aliphatic carbocycles. The lowest BCUT2D eigenvalue weighted by atomic mass is 10.1. The lowest BCUT2D eigenvalue weighted by Crippen LogP contribution is -2.38. The summed E-state index contributed by atoms with van der Waals surface area (Å²) in [5.41, 5.74) is 18.7. The molecule has 0 saturated carbocycles. The van der Waals surface area contributed by atoms with Crippen molar-refractivity contribution in [1.29, 1.82) is 0 Å². The summed E-state index contributed by atoms with van der Waals surface area (Å²) in [7, 11) is 0. The second-order valence-corrected chi connectivity index (χ2v) is 9.50. The van der Waals surface area contributed by atoms with Gasteiger partial charge in [0.05, 0.1) is 18.4 Å². The van der Waals surface area contributed by atoms with Gasteiger partial charge in [-0.1, -0.05) is 12.1 Å². The van der Waals surface area contributed by atoms with Crippen molar-refractivity contribution in [3.05, 3.63) is 41.2 Å². The van der Waals surface area contributed by atoms with E-state index in [1.807, 2.05) is 24.3 Å². The number of amides is 1. The maximum atomic E-state index is 12.3. The Labute approximate surface area is 235 Å². The minimum absolute atomic E-state index is 0.0151. The van der Waals surface area contributed by atoms with Gasteiger partial charge in [-0.05, 0) is 69.7 Å². The summed E-state index contributed by atoms with van der Waals surface area (Å²) in [6.07, 6.45) is 3.90. The smallest absolute Gasteiger partial charge is 0.280 e. The number of nitrogens with one attached hydrogen (secondary N) is 1. The Morgan fingerprint density at radius 2 is 1.80 bits per heavy atom. The average Bonchev–Trinajstić information content (AvgIpc) is 2.93. The number of hydrogen-bond acceptors (Lipinski definition) is 11. The van der Waals surface area contributed by atoms with Crippen LogP contribution in [0, 0.1) is 6.92 Å². The number of carbonyl (C=O) groups excluding carboxylic acids is 1. The van der Waals surface area contributed by atoms with Crippen molar-refractivity contribution < 1.29 is 24.9 Å². The molecule has 0 radical (unpaired) electrons. The Hall–Kier alpha value is -3.52. The van der Waals surface area contributed by atoms with E-state index in [1.165, 1.54) is 5.56 Å². The number of ether oxygens (including phenoxy) is 1. The van der Waals surface area contributed by atoms with Gasteiger partial charge in [0.15, 0.2) is 17.5 Å². The number of guanidine groups is 1. The molecule has 13 heteroatoms. The molecule has 1 amide bonds. The molecule has 0 aliphatic rings. The third-order valence-electron chi connectivity index (χ3n) is 6.22. The first-order chi connectivity index (χ1) is 19.2. The molecule has 13 nitrogen and oxygen atoms in total. The van der Waals surface area contributed by atoms with Gasteiger partial charge in [0.2, 0.25) is 0 Å². The van der Waals surface area contributed by atoms with Crippen LogP contribution in [0.2, 0.25) is 0 Å². The molecular formula is C27H44N8O5. The van der Waals surface area contributed by atoms with Gasteiger partial charge in [0.1, 0.15) is 18.2 Å². The number of aliphatic hydroxyl groups excluding tert-OH is 3. The number of aliphatic imine (C=N–C) groups is 1. The fourth-order valence-electron chi connectivity index (χ4n) is 3.82. The number of aromatic nitrogens is 2. The Bertz CT molecular complexity index is 1070. The number of hydrogen-bond donors (Lipinski definition) is 7. The third kappa shape index (κ3) is 12.1. The molecule has 0 fully saturated rings. The molecule has 0 saturated heterocycles. The van der Waals surface area contributed by atoms with Crippen molar-refractivity contribution in [3.63, 3.8) is 0 Å². The van der Waals surface area contributed by atoms with Crippen LogP contribution in [0.25, 0.3) is 0 Å². The first-order valence-electron chi connectivity index (χ1n) is 13.6. The molecule has 222 valence electrons. The van der Waals surface area contributed by atoms with E-state index in [9.17, 15) is 9.90 Å². The quantitative estimate of drug-likeness (QED) is 0.0742. The number of nitrogens with zero attached hydrogens (tertiary/aromatic N) is 4. The minimum Gasteiger partial charge on any atom is -0.492 e. The predicted octanol–water partition coefficient (Wildman–Crippen LogP) is 0.213. The maximum Gasteiger partial charge on any atom is 0.280 e. The standard InChI is InChI=1S/C27H44N8O5/c1-19-24(28)33-25(29)23(32-19)26(39)34-27(30)31-12-3-2-6-20-7-9-22(10-8-20)40-17-15-35(13-4-5-16-36)14-11-21(38)18-37/h7-10,21,36-38H,2-6,11-18H2,1H3,(H4,28,29,33)(H3,30,31,34,39)/t21-/m0/s1. The zero-order valence-corrected chi connectivity index (χ0v) is 23.3. The Morgan fingerprint density at radius 3 is 2.50 bits per heavy atom. The first-order valence-corrected chi connectivity index (χ1v) is 13.6. The van der Waals surface area contributed by atoms with E-state index in [0.717, 1.165) is 44.4 Å². The molecule has 0 spiro atoms. The Balaban J connectivity index is 1.69. The molecule has 1 aromatic carbocycles. The molecule has 1 heterocycles. The topological polar surface area (TPSA) is 218 Å². The summed E-state index contributed by atoms with van der Waals surface area (Å²) in [5.74, 6) is 0.268. The average molecular weight is 561 g/mol. The number of aryl methyl sites for hydroxylation is 2. The molecule has 1 atom stereocenters. The van der Waals surface area contributed by atoms with Gasteiger partial charge in [-0.2, -0.15) is 0 Å². The monoisotopic (exact) mass is 560 g/mol. The van der Waals surface area contributed by atoms with Crippen LogP contribution in [-0.4, -0.2) is 94.2 Å². The summed E-state index contributed by atoms with van der Waals surface area (Å²) < 4.78 is 5.89. The van der Waals surface area contributed by atoms with E-state index in [4.69, 9.17) is 32.2 Å². The fraction of sp³-hybridized carbons (Fsp3) is 0.556. The SMILES string of the molecule is Cc1nc(C(=O)NC(N)=NCCCCc2ccc(OCCN(CCCCO)CC[C@H](O)CO)cc2)c(N)nc1N. The van der Waals surface area contributed by atoms with Crippen molar-refractivity contribution in [2.45, 2.75) is 51.6 Å². The molecule has 1 aromatic heterocycles. The van der Waals surface area contributed by atoms with E-state index in [-0.39, 0.29) is 36.5 Å². The van der Waals surface area contributed by atoms with Crippen LogP contribution in [0.1, 0.15) is 53.8 Å². The molecule has 2 rings (SSSR count). The number of unbranched alkanes of at least 4 members (excludes halogenated alkanes) is 2. The number of anilines is 2. The number of nitrogen functional groups attached to an aromatic ring is 2. The van der Waals surface area contributed by atoms with E-state index < -0.39 is 12.0 Å². The van der Waals surface area contributed by atoms with Crippen LogP contribution in [0.15, 0.2) is 29.3 Å². The van der Waals surface area contributed by atoms with E-state index >= 15 is 0 Å². The normalized spacial score (nSPS) is 12.5. The lowest BCUT2D eigenvalue weighted by molar-refractivity contribution is 0.0746. The van der Waals surface area contributed by atoms with E-state index in [1.54, 1.807) is 6.92 Å². The molecular weight excluding hydrogens is 516 g/mol. The molecule has 0 aliphatic heterocycles. The highest BCUT2D eigenvalue weighted by molar-refractivity contribution is 6.06. The Kier molecular flexibility index (Phi) is 14.7. The van der Waals surface area contributed by atoms with Crippen molar-refractivity contribution >= 4 is 23.5 Å². The number of nitrogens with two attached hydrogens (primary N) is 3. The van der Waals surface area contributed by atoms with Crippen LogP contribution in [0.3, 0.4) is 0 Å². The maximum absolute atomic E-state index is 12.3. The summed E-state index contributed by atoms with van der Waals surface area (Å²) >= 11 is 0. The van der Waals surface area contributed by atoms with Gasteiger partial charge in [-0.3, -0.25) is 20.0 Å². The first kappa shape index (κ1) is 32.7. The molecule has 10 N–H and O–H groups in total. The molecule has 0 bridgehead atoms. The van der Waals surface area contributed by atoms with Gasteiger partial charge in [-0.15, -0.1) is 0 Å². The zero-order valence-electron chi connectivity index (χ0n) is 23.3. The van der Waals surface area contributed by atoms with Crippen LogP contribution in [0.4, 0.5) is 11.6 Å². The minimum atomic E-state index is -0.723. The summed E-state index contributed by atoms with van der Waals surface area (Å²) in [6.45, 7) is 4.65. The van der Waals surface area contributed by atoms with Crippen LogP contribution in [-0.2, 0) is 6.42 Å². The highest BCUT2D eigenvalue weighted by atomic mass is 16.5. The number of aliphatic hydroxyl groups is 3. The third-order valence-corrected chi connectivity index (χ3v) is 6.22. The molecule has 2 aromatic rings. The van der Waals surface area contributed by atoms with Crippen LogP contribution < -0.4 is 27.3 Å². The summed E-state index contributed by atoms with van der Waals surface area (Å²) in [6, 6.07) is 7.95. The highest BCUT2D eigenvalue weighted by Gasteiger charge is 2.16. The molecule has 0 unspecified atom stereocenters. The van der Waals surface area contributed by atoms with Crippen molar-refractivity contribution in [2.24, 2.45) is 10.7 Å². The van der Waals surface area contributed by atoms with Crippen molar-refractivity contribution in [2.75, 3.05) is 57.5 Å². The van der Waals surface area contributed by atoms with Gasteiger partial charge >= 0.3 is 0 Å².